The van der Waals surface area contributed by atoms with E-state index < -0.39 is 0 Å². The average molecular weight is 221 g/mol. The molecule has 15 heavy (non-hydrogen) atoms. The molecule has 1 nitrogen and oxygen atoms in total. The van der Waals surface area contributed by atoms with Crippen molar-refractivity contribution in [3.8, 4) is 0 Å². The Bertz CT molecular complexity index is 309. The van der Waals surface area contributed by atoms with E-state index in [1.54, 1.807) is 0 Å². The van der Waals surface area contributed by atoms with Gasteiger partial charge in [-0.1, -0.05) is 0 Å². The van der Waals surface area contributed by atoms with Crippen molar-refractivity contribution in [2.75, 3.05) is 7.05 Å². The van der Waals surface area contributed by atoms with Crippen molar-refractivity contribution in [2.24, 2.45) is 17.8 Å². The lowest BCUT2D eigenvalue weighted by atomic mass is 9.90. The van der Waals surface area contributed by atoms with E-state index in [2.05, 4.69) is 29.2 Å². The van der Waals surface area contributed by atoms with Gasteiger partial charge >= 0.3 is 0 Å². The van der Waals surface area contributed by atoms with Crippen LogP contribution in [0.3, 0.4) is 0 Å². The third kappa shape index (κ3) is 1.98. The molecule has 0 bridgehead atoms. The molecule has 0 aromatic carbocycles. The van der Waals surface area contributed by atoms with Crippen LogP contribution in [0.15, 0.2) is 16.8 Å². The highest BCUT2D eigenvalue weighted by Crippen LogP contribution is 2.55. The average Bonchev–Trinajstić information content (AvgIpc) is 2.73. The molecule has 0 aliphatic heterocycles. The van der Waals surface area contributed by atoms with E-state index in [1.807, 2.05) is 11.3 Å². The summed E-state index contributed by atoms with van der Waals surface area (Å²) in [5, 5.41) is 8.01. The number of thiophene rings is 1. The lowest BCUT2D eigenvalue weighted by Gasteiger charge is -2.24. The number of nitrogens with one attached hydrogen (secondary N) is 1. The third-order valence-corrected chi connectivity index (χ3v) is 4.99. The Labute approximate surface area is 95.9 Å². The highest BCUT2D eigenvalue weighted by Gasteiger charge is 2.47. The summed E-state index contributed by atoms with van der Waals surface area (Å²) in [6.45, 7) is 0. The molecule has 2 saturated carbocycles. The topological polar surface area (TPSA) is 12.0 Å². The molecule has 2 heteroatoms. The van der Waals surface area contributed by atoms with Gasteiger partial charge in [-0.25, -0.2) is 0 Å². The largest absolute Gasteiger partial charge is 0.316 e. The van der Waals surface area contributed by atoms with Crippen LogP contribution in [0.25, 0.3) is 0 Å². The van der Waals surface area contributed by atoms with Gasteiger partial charge in [-0.15, -0.1) is 0 Å². The first-order valence-electron chi connectivity index (χ1n) is 6.05. The first kappa shape index (κ1) is 9.86. The van der Waals surface area contributed by atoms with Crippen molar-refractivity contribution >= 4 is 11.3 Å². The fraction of sp³-hybridized carbons (Fsp3) is 0.692. The lowest BCUT2D eigenvalue weighted by molar-refractivity contribution is 0.349. The number of hydrogen-bond donors (Lipinski definition) is 1. The van der Waals surface area contributed by atoms with E-state index in [1.165, 1.54) is 31.2 Å². The van der Waals surface area contributed by atoms with Gasteiger partial charge in [0.2, 0.25) is 0 Å². The van der Waals surface area contributed by atoms with E-state index in [0.717, 1.165) is 17.8 Å². The van der Waals surface area contributed by atoms with Gasteiger partial charge in [-0.05, 0) is 72.9 Å². The van der Waals surface area contributed by atoms with E-state index >= 15 is 0 Å². The molecule has 1 N–H and O–H groups in total. The molecule has 0 saturated heterocycles. The second-order valence-corrected chi connectivity index (χ2v) is 6.00. The molecule has 2 aliphatic carbocycles. The van der Waals surface area contributed by atoms with E-state index in [0.29, 0.717) is 6.04 Å². The highest BCUT2D eigenvalue weighted by molar-refractivity contribution is 7.07. The molecule has 2 aliphatic rings. The number of fused-ring (bicyclic) bond motifs is 1. The quantitative estimate of drug-likeness (QED) is 0.824. The van der Waals surface area contributed by atoms with Crippen LogP contribution < -0.4 is 5.32 Å². The standard InChI is InChI=1S/C13H19NS/c1-14-13(4-9-2-3-15-8-9)12-6-10-5-11(10)7-12/h2-3,8,10-14H,4-7H2,1H3. The molecule has 1 aromatic heterocycles. The molecular weight excluding hydrogens is 202 g/mol. The maximum atomic E-state index is 3.53. The summed E-state index contributed by atoms with van der Waals surface area (Å²) in [6, 6.07) is 2.98. The highest BCUT2D eigenvalue weighted by atomic mass is 32.1. The number of rotatable bonds is 4. The summed E-state index contributed by atoms with van der Waals surface area (Å²) in [4.78, 5) is 0. The normalized spacial score (nSPS) is 35.1. The molecule has 2 fully saturated rings. The summed E-state index contributed by atoms with van der Waals surface area (Å²) < 4.78 is 0. The van der Waals surface area contributed by atoms with Crippen molar-refractivity contribution in [2.45, 2.75) is 31.7 Å². The zero-order chi connectivity index (χ0) is 10.3. The van der Waals surface area contributed by atoms with E-state index in [4.69, 9.17) is 0 Å². The zero-order valence-corrected chi connectivity index (χ0v) is 10.1. The smallest absolute Gasteiger partial charge is 0.0133 e. The maximum Gasteiger partial charge on any atom is 0.0133 e. The Morgan fingerprint density at radius 1 is 1.40 bits per heavy atom. The molecule has 0 spiro atoms. The molecule has 0 amide bonds. The van der Waals surface area contributed by atoms with Gasteiger partial charge < -0.3 is 5.32 Å². The van der Waals surface area contributed by atoms with Crippen molar-refractivity contribution in [3.63, 3.8) is 0 Å². The van der Waals surface area contributed by atoms with Gasteiger partial charge in [-0.2, -0.15) is 11.3 Å². The van der Waals surface area contributed by atoms with Crippen molar-refractivity contribution in [3.05, 3.63) is 22.4 Å². The first-order valence-corrected chi connectivity index (χ1v) is 6.99. The molecule has 3 rings (SSSR count). The van der Waals surface area contributed by atoms with E-state index in [9.17, 15) is 0 Å². The fourth-order valence-corrected chi connectivity index (χ4v) is 3.94. The van der Waals surface area contributed by atoms with Crippen LogP contribution in [0.1, 0.15) is 24.8 Å². The Balaban J connectivity index is 1.61. The predicted octanol–water partition coefficient (Wildman–Crippen LogP) is 2.92. The Morgan fingerprint density at radius 2 is 2.20 bits per heavy atom. The second-order valence-electron chi connectivity index (χ2n) is 5.22. The van der Waals surface area contributed by atoms with Crippen LogP contribution >= 0.6 is 11.3 Å². The second kappa shape index (κ2) is 3.91. The SMILES string of the molecule is CNC(Cc1ccsc1)C1CC2CC2C1. The third-order valence-electron chi connectivity index (χ3n) is 4.26. The minimum absolute atomic E-state index is 0.715. The Kier molecular flexibility index (Phi) is 2.57. The lowest BCUT2D eigenvalue weighted by Crippen LogP contribution is -2.34. The fourth-order valence-electron chi connectivity index (χ4n) is 3.26. The summed E-state index contributed by atoms with van der Waals surface area (Å²) in [7, 11) is 2.13. The van der Waals surface area contributed by atoms with Crippen LogP contribution in [-0.2, 0) is 6.42 Å². The van der Waals surface area contributed by atoms with Gasteiger partial charge in [0.1, 0.15) is 0 Å². The summed E-state index contributed by atoms with van der Waals surface area (Å²) in [5.74, 6) is 3.15. The number of hydrogen-bond acceptors (Lipinski definition) is 2. The van der Waals surface area contributed by atoms with Crippen LogP contribution in [0.4, 0.5) is 0 Å². The van der Waals surface area contributed by atoms with Gasteiger partial charge in [0.05, 0.1) is 0 Å². The van der Waals surface area contributed by atoms with Gasteiger partial charge in [0.15, 0.2) is 0 Å². The molecule has 3 unspecified atom stereocenters. The Morgan fingerprint density at radius 3 is 2.80 bits per heavy atom. The summed E-state index contributed by atoms with van der Waals surface area (Å²) in [6.07, 6.45) is 5.73. The monoisotopic (exact) mass is 221 g/mol. The molecule has 1 aromatic rings. The van der Waals surface area contributed by atoms with Crippen LogP contribution in [-0.4, -0.2) is 13.1 Å². The van der Waals surface area contributed by atoms with Crippen molar-refractivity contribution < 1.29 is 0 Å². The molecule has 0 radical (unpaired) electrons. The predicted molar refractivity (Wildman–Crippen MR) is 65.2 cm³/mol. The minimum Gasteiger partial charge on any atom is -0.316 e. The first-order chi connectivity index (χ1) is 7.36. The minimum atomic E-state index is 0.715. The summed E-state index contributed by atoms with van der Waals surface area (Å²) in [5.41, 5.74) is 1.51. The van der Waals surface area contributed by atoms with Crippen molar-refractivity contribution in [1.29, 1.82) is 0 Å². The molecule has 3 atom stereocenters. The van der Waals surface area contributed by atoms with Crippen molar-refractivity contribution in [1.82, 2.24) is 5.32 Å². The molecular formula is C13H19NS. The molecule has 82 valence electrons. The Hall–Kier alpha value is -0.340. The van der Waals surface area contributed by atoms with E-state index in [-0.39, 0.29) is 0 Å². The summed E-state index contributed by atoms with van der Waals surface area (Å²) >= 11 is 1.82. The van der Waals surface area contributed by atoms with Gasteiger partial charge in [0, 0.05) is 6.04 Å². The van der Waals surface area contributed by atoms with Gasteiger partial charge in [-0.3, -0.25) is 0 Å². The van der Waals surface area contributed by atoms with Crippen LogP contribution in [0, 0.1) is 17.8 Å². The van der Waals surface area contributed by atoms with Crippen LogP contribution in [0.5, 0.6) is 0 Å². The number of likely N-dealkylation sites (N-methyl/N-ethyl adjacent to an activating group) is 1. The zero-order valence-electron chi connectivity index (χ0n) is 9.28. The van der Waals surface area contributed by atoms with Gasteiger partial charge in [0.25, 0.3) is 0 Å². The molecule has 1 heterocycles. The van der Waals surface area contributed by atoms with Crippen LogP contribution in [0.2, 0.25) is 0 Å². The maximum absolute atomic E-state index is 3.53.